The summed E-state index contributed by atoms with van der Waals surface area (Å²) in [5.74, 6) is 0.0123. The van der Waals surface area contributed by atoms with Gasteiger partial charge < -0.3 is 10.6 Å². The third-order valence-corrected chi connectivity index (χ3v) is 4.51. The van der Waals surface area contributed by atoms with Crippen molar-refractivity contribution in [2.45, 2.75) is 13.8 Å². The van der Waals surface area contributed by atoms with Gasteiger partial charge in [-0.15, -0.1) is 0 Å². The lowest BCUT2D eigenvalue weighted by atomic mass is 10.1. The second-order valence-corrected chi connectivity index (χ2v) is 6.58. The number of anilines is 3. The summed E-state index contributed by atoms with van der Waals surface area (Å²) in [5, 5.41) is 6.70. The summed E-state index contributed by atoms with van der Waals surface area (Å²) in [4.78, 5) is 20.6. The van der Waals surface area contributed by atoms with Crippen LogP contribution < -0.4 is 10.6 Å². The molecule has 1 aromatic heterocycles. The van der Waals surface area contributed by atoms with Crippen LogP contribution in [0.5, 0.6) is 0 Å². The summed E-state index contributed by atoms with van der Waals surface area (Å²) in [6, 6.07) is 10.9. The predicted octanol–water partition coefficient (Wildman–Crippen LogP) is 5.40. The van der Waals surface area contributed by atoms with Crippen LogP contribution in [0.2, 0.25) is 10.0 Å². The highest BCUT2D eigenvalue weighted by Crippen LogP contribution is 2.31. The van der Waals surface area contributed by atoms with E-state index in [0.29, 0.717) is 27.2 Å². The fraction of sp³-hybridized carbons (Fsp3) is 0.105. The zero-order valence-electron chi connectivity index (χ0n) is 14.2. The largest absolute Gasteiger partial charge is 0.322 e. The number of benzene rings is 2. The van der Waals surface area contributed by atoms with Gasteiger partial charge in [0, 0.05) is 18.1 Å². The molecule has 0 aliphatic carbocycles. The molecule has 0 fully saturated rings. The quantitative estimate of drug-likeness (QED) is 0.629. The molecule has 3 aromatic rings. The number of hydrogen-bond donors (Lipinski definition) is 2. The maximum Gasteiger partial charge on any atom is 0.258 e. The number of nitrogens with zero attached hydrogens (tertiary/aromatic N) is 2. The second-order valence-electron chi connectivity index (χ2n) is 5.77. The Morgan fingerprint density at radius 2 is 1.62 bits per heavy atom. The van der Waals surface area contributed by atoms with Crippen molar-refractivity contribution in [3.8, 4) is 0 Å². The molecule has 2 N–H and O–H groups in total. The molecule has 0 radical (unpaired) electrons. The van der Waals surface area contributed by atoms with Crippen LogP contribution in [-0.4, -0.2) is 15.9 Å². The van der Waals surface area contributed by atoms with Gasteiger partial charge in [-0.05, 0) is 49.2 Å². The highest BCUT2D eigenvalue weighted by molar-refractivity contribution is 6.39. The van der Waals surface area contributed by atoms with Crippen LogP contribution in [0.4, 0.5) is 17.3 Å². The average Bonchev–Trinajstić information content (AvgIpc) is 2.62. The standard InChI is InChI=1S/C19H16Cl2N4O/c1-11-6-7-14(8-12(11)2)24-18(26)13-9-22-19(23-10-13)25-17-15(20)4-3-5-16(17)21/h3-10H,1-2H3,(H,24,26)(H,22,23,25). The third-order valence-electron chi connectivity index (χ3n) is 3.88. The van der Waals surface area contributed by atoms with Gasteiger partial charge in [-0.1, -0.05) is 35.3 Å². The molecule has 3 rings (SSSR count). The number of para-hydroxylation sites is 1. The highest BCUT2D eigenvalue weighted by Gasteiger charge is 2.10. The first-order valence-electron chi connectivity index (χ1n) is 7.86. The maximum atomic E-state index is 12.3. The van der Waals surface area contributed by atoms with Crippen LogP contribution >= 0.6 is 23.2 Å². The Morgan fingerprint density at radius 3 is 2.23 bits per heavy atom. The van der Waals surface area contributed by atoms with E-state index in [-0.39, 0.29) is 5.91 Å². The average molecular weight is 387 g/mol. The van der Waals surface area contributed by atoms with Crippen molar-refractivity contribution in [2.24, 2.45) is 0 Å². The fourth-order valence-electron chi connectivity index (χ4n) is 2.26. The van der Waals surface area contributed by atoms with E-state index in [4.69, 9.17) is 23.2 Å². The fourth-order valence-corrected chi connectivity index (χ4v) is 2.75. The lowest BCUT2D eigenvalue weighted by molar-refractivity contribution is 0.102. The van der Waals surface area contributed by atoms with Crippen LogP contribution in [0.1, 0.15) is 21.5 Å². The first-order chi connectivity index (χ1) is 12.4. The molecule has 132 valence electrons. The molecule has 1 heterocycles. The van der Waals surface area contributed by atoms with E-state index < -0.39 is 0 Å². The number of nitrogens with one attached hydrogen (secondary N) is 2. The number of aromatic nitrogens is 2. The Hall–Kier alpha value is -2.63. The molecule has 26 heavy (non-hydrogen) atoms. The number of hydrogen-bond acceptors (Lipinski definition) is 4. The Balaban J connectivity index is 1.72. The van der Waals surface area contributed by atoms with E-state index in [1.807, 2.05) is 32.0 Å². The van der Waals surface area contributed by atoms with Gasteiger partial charge in [0.1, 0.15) is 0 Å². The second kappa shape index (κ2) is 7.72. The minimum absolute atomic E-state index is 0.282. The van der Waals surface area contributed by atoms with Crippen molar-refractivity contribution in [1.29, 1.82) is 0 Å². The Labute approximate surface area is 161 Å². The predicted molar refractivity (Wildman–Crippen MR) is 106 cm³/mol. The van der Waals surface area contributed by atoms with E-state index >= 15 is 0 Å². The highest BCUT2D eigenvalue weighted by atomic mass is 35.5. The van der Waals surface area contributed by atoms with E-state index in [1.165, 1.54) is 18.0 Å². The van der Waals surface area contributed by atoms with Gasteiger partial charge in [0.05, 0.1) is 21.3 Å². The molecule has 0 saturated heterocycles. The molecule has 0 aliphatic heterocycles. The first-order valence-corrected chi connectivity index (χ1v) is 8.61. The molecule has 0 aliphatic rings. The molecule has 0 saturated carbocycles. The zero-order valence-corrected chi connectivity index (χ0v) is 15.7. The van der Waals surface area contributed by atoms with Crippen LogP contribution in [0.15, 0.2) is 48.8 Å². The molecule has 7 heteroatoms. The van der Waals surface area contributed by atoms with Crippen molar-refractivity contribution >= 4 is 46.4 Å². The Bertz CT molecular complexity index is 938. The molecule has 2 aromatic carbocycles. The number of carbonyl (C=O) groups excluding carboxylic acids is 1. The number of carbonyl (C=O) groups is 1. The SMILES string of the molecule is Cc1ccc(NC(=O)c2cnc(Nc3c(Cl)cccc3Cl)nc2)cc1C. The van der Waals surface area contributed by atoms with Gasteiger partial charge in [0.2, 0.25) is 5.95 Å². The summed E-state index contributed by atoms with van der Waals surface area (Å²) in [6.45, 7) is 4.01. The molecule has 0 unspecified atom stereocenters. The van der Waals surface area contributed by atoms with Crippen molar-refractivity contribution < 1.29 is 4.79 Å². The minimum atomic E-state index is -0.282. The van der Waals surface area contributed by atoms with Crippen molar-refractivity contribution in [3.05, 3.63) is 75.5 Å². The lowest BCUT2D eigenvalue weighted by Gasteiger charge is -2.10. The van der Waals surface area contributed by atoms with Crippen molar-refractivity contribution in [3.63, 3.8) is 0 Å². The number of aryl methyl sites for hydroxylation is 2. The van der Waals surface area contributed by atoms with Gasteiger partial charge in [-0.2, -0.15) is 0 Å². The van der Waals surface area contributed by atoms with Gasteiger partial charge >= 0.3 is 0 Å². The zero-order chi connectivity index (χ0) is 18.7. The Morgan fingerprint density at radius 1 is 0.962 bits per heavy atom. The van der Waals surface area contributed by atoms with E-state index in [1.54, 1.807) is 18.2 Å². The topological polar surface area (TPSA) is 66.9 Å². The van der Waals surface area contributed by atoms with E-state index in [9.17, 15) is 4.79 Å². The monoisotopic (exact) mass is 386 g/mol. The number of halogens is 2. The molecular weight excluding hydrogens is 371 g/mol. The van der Waals surface area contributed by atoms with Crippen LogP contribution in [0, 0.1) is 13.8 Å². The van der Waals surface area contributed by atoms with Gasteiger partial charge in [-0.25, -0.2) is 9.97 Å². The van der Waals surface area contributed by atoms with E-state index in [0.717, 1.165) is 11.3 Å². The number of amides is 1. The number of rotatable bonds is 4. The lowest BCUT2D eigenvalue weighted by Crippen LogP contribution is -2.13. The van der Waals surface area contributed by atoms with Gasteiger partial charge in [0.15, 0.2) is 0 Å². The molecule has 0 bridgehead atoms. The van der Waals surface area contributed by atoms with Gasteiger partial charge in [-0.3, -0.25) is 4.79 Å². The third kappa shape index (κ3) is 4.12. The molecule has 0 spiro atoms. The van der Waals surface area contributed by atoms with Crippen LogP contribution in [0.25, 0.3) is 0 Å². The smallest absolute Gasteiger partial charge is 0.258 e. The van der Waals surface area contributed by atoms with Crippen molar-refractivity contribution in [2.75, 3.05) is 10.6 Å². The normalized spacial score (nSPS) is 10.5. The summed E-state index contributed by atoms with van der Waals surface area (Å²) in [6.07, 6.45) is 2.88. The minimum Gasteiger partial charge on any atom is -0.322 e. The molecule has 1 amide bonds. The van der Waals surface area contributed by atoms with Gasteiger partial charge in [0.25, 0.3) is 5.91 Å². The molecule has 5 nitrogen and oxygen atoms in total. The molecule has 0 atom stereocenters. The first kappa shape index (κ1) is 18.2. The maximum absolute atomic E-state index is 12.3. The van der Waals surface area contributed by atoms with Crippen molar-refractivity contribution in [1.82, 2.24) is 9.97 Å². The summed E-state index contributed by atoms with van der Waals surface area (Å²) >= 11 is 12.2. The van der Waals surface area contributed by atoms with Crippen LogP contribution in [0.3, 0.4) is 0 Å². The summed E-state index contributed by atoms with van der Waals surface area (Å²) < 4.78 is 0. The molecular formula is C19H16Cl2N4O. The van der Waals surface area contributed by atoms with E-state index in [2.05, 4.69) is 20.6 Å². The Kier molecular flexibility index (Phi) is 5.40. The van der Waals surface area contributed by atoms with Crippen LogP contribution in [-0.2, 0) is 0 Å². The summed E-state index contributed by atoms with van der Waals surface area (Å²) in [5.41, 5.74) is 3.86. The summed E-state index contributed by atoms with van der Waals surface area (Å²) in [7, 11) is 0.